The van der Waals surface area contributed by atoms with Gasteiger partial charge in [-0.25, -0.2) is 0 Å². The minimum atomic E-state index is 0.126. The average Bonchev–Trinajstić information content (AvgIpc) is 2.68. The molecule has 0 N–H and O–H groups in total. The molecule has 0 heterocycles. The molecule has 2 aromatic rings. The van der Waals surface area contributed by atoms with Gasteiger partial charge < -0.3 is 14.0 Å². The predicted octanol–water partition coefficient (Wildman–Crippen LogP) is 7.49. The van der Waals surface area contributed by atoms with Gasteiger partial charge in [-0.3, -0.25) is 0 Å². The second-order valence-electron chi connectivity index (χ2n) is 13.3. The van der Waals surface area contributed by atoms with E-state index in [9.17, 15) is 0 Å². The van der Waals surface area contributed by atoms with Gasteiger partial charge in [0.15, 0.2) is 0 Å². The predicted molar refractivity (Wildman–Crippen MR) is 145 cm³/mol. The van der Waals surface area contributed by atoms with Crippen LogP contribution in [0.1, 0.15) is 72.4 Å². The number of likely N-dealkylation sites (N-methyl/N-ethyl adjacent to an activating group) is 1. The van der Waals surface area contributed by atoms with Crippen LogP contribution in [0.25, 0.3) is 0 Å². The highest BCUT2D eigenvalue weighted by Gasteiger charge is 2.33. The summed E-state index contributed by atoms with van der Waals surface area (Å²) in [5, 5.41) is 0. The summed E-state index contributed by atoms with van der Waals surface area (Å²) in [6, 6.07) is 19.3. The standard InChI is InChI=1S/C31H50NO2/c1-29(2,3)24-30(4,5)25-31(6,7)27-15-17-28(18-16-27)34-22-21-33-20-19-32(8,9)23-26-13-11-10-12-14-26/h10-18H,19-25H2,1-9H3/q+1. The quantitative estimate of drug-likeness (QED) is 0.224. The van der Waals surface area contributed by atoms with E-state index < -0.39 is 0 Å². The molecule has 0 saturated heterocycles. The van der Waals surface area contributed by atoms with Gasteiger partial charge in [-0.05, 0) is 46.8 Å². The largest absolute Gasteiger partial charge is 0.491 e. The van der Waals surface area contributed by atoms with Crippen LogP contribution in [0.2, 0.25) is 0 Å². The number of benzene rings is 2. The number of nitrogens with zero attached hydrogens (tertiary/aromatic N) is 1. The Morgan fingerprint density at radius 3 is 1.91 bits per heavy atom. The monoisotopic (exact) mass is 468 g/mol. The lowest BCUT2D eigenvalue weighted by atomic mass is 9.66. The first-order valence-electron chi connectivity index (χ1n) is 12.8. The Kier molecular flexibility index (Phi) is 9.80. The molecule has 0 unspecified atom stereocenters. The Hall–Kier alpha value is -1.84. The molecule has 34 heavy (non-hydrogen) atoms. The van der Waals surface area contributed by atoms with Crippen LogP contribution in [-0.2, 0) is 16.7 Å². The highest BCUT2D eigenvalue weighted by atomic mass is 16.5. The average molecular weight is 469 g/mol. The maximum absolute atomic E-state index is 5.94. The van der Waals surface area contributed by atoms with E-state index in [4.69, 9.17) is 9.47 Å². The molecule has 0 aliphatic heterocycles. The van der Waals surface area contributed by atoms with Crippen molar-refractivity contribution in [2.45, 2.75) is 73.3 Å². The lowest BCUT2D eigenvalue weighted by Crippen LogP contribution is -2.41. The molecular formula is C31H50NO2+. The van der Waals surface area contributed by atoms with Crippen LogP contribution in [0.15, 0.2) is 54.6 Å². The third-order valence-corrected chi connectivity index (χ3v) is 6.36. The molecule has 0 aliphatic carbocycles. The lowest BCUT2D eigenvalue weighted by molar-refractivity contribution is -0.904. The van der Waals surface area contributed by atoms with Crippen molar-refractivity contribution < 1.29 is 14.0 Å². The number of hydrogen-bond acceptors (Lipinski definition) is 2. The van der Waals surface area contributed by atoms with Gasteiger partial charge >= 0.3 is 0 Å². The number of quaternary nitrogens is 1. The lowest BCUT2D eigenvalue weighted by Gasteiger charge is -2.39. The topological polar surface area (TPSA) is 18.5 Å². The van der Waals surface area contributed by atoms with E-state index in [-0.39, 0.29) is 5.41 Å². The molecule has 0 saturated carbocycles. The van der Waals surface area contributed by atoms with Crippen LogP contribution in [0.4, 0.5) is 0 Å². The molecule has 3 heteroatoms. The Labute approximate surface area is 210 Å². The fourth-order valence-electron chi connectivity index (χ4n) is 5.59. The van der Waals surface area contributed by atoms with Crippen LogP contribution >= 0.6 is 0 Å². The summed E-state index contributed by atoms with van der Waals surface area (Å²) in [6.07, 6.45) is 2.37. The van der Waals surface area contributed by atoms with Gasteiger partial charge in [0.1, 0.15) is 25.4 Å². The molecule has 0 aromatic heterocycles. The van der Waals surface area contributed by atoms with Gasteiger partial charge in [0, 0.05) is 5.56 Å². The van der Waals surface area contributed by atoms with Crippen molar-refractivity contribution in [2.75, 3.05) is 40.5 Å². The molecule has 2 rings (SSSR count). The first kappa shape index (κ1) is 28.4. The zero-order valence-corrected chi connectivity index (χ0v) is 23.4. The Morgan fingerprint density at radius 1 is 0.706 bits per heavy atom. The molecule has 3 nitrogen and oxygen atoms in total. The van der Waals surface area contributed by atoms with E-state index in [0.29, 0.717) is 24.0 Å². The molecule has 190 valence electrons. The zero-order chi connectivity index (χ0) is 25.5. The second-order valence-corrected chi connectivity index (χ2v) is 13.3. The van der Waals surface area contributed by atoms with Crippen molar-refractivity contribution in [1.29, 1.82) is 0 Å². The molecule has 0 radical (unpaired) electrons. The SMILES string of the molecule is CC(C)(C)CC(C)(C)CC(C)(C)c1ccc(OCCOCC[N+](C)(C)Cc2ccccc2)cc1. The van der Waals surface area contributed by atoms with Crippen molar-refractivity contribution in [2.24, 2.45) is 10.8 Å². The zero-order valence-electron chi connectivity index (χ0n) is 23.4. The number of ether oxygens (including phenoxy) is 2. The molecule has 0 atom stereocenters. The molecule has 0 aliphatic rings. The molecule has 0 spiro atoms. The van der Waals surface area contributed by atoms with E-state index in [0.717, 1.165) is 36.3 Å². The third-order valence-electron chi connectivity index (χ3n) is 6.36. The molecule has 0 amide bonds. The molecular weight excluding hydrogens is 418 g/mol. The summed E-state index contributed by atoms with van der Waals surface area (Å²) in [4.78, 5) is 0. The van der Waals surface area contributed by atoms with Crippen LogP contribution < -0.4 is 4.74 Å². The molecule has 0 fully saturated rings. The first-order valence-corrected chi connectivity index (χ1v) is 12.8. The van der Waals surface area contributed by atoms with E-state index in [1.54, 1.807) is 0 Å². The maximum Gasteiger partial charge on any atom is 0.119 e. The van der Waals surface area contributed by atoms with Crippen molar-refractivity contribution in [3.05, 3.63) is 65.7 Å². The summed E-state index contributed by atoms with van der Waals surface area (Å²) >= 11 is 0. The fraction of sp³-hybridized carbons (Fsp3) is 0.613. The highest BCUT2D eigenvalue weighted by molar-refractivity contribution is 5.31. The third kappa shape index (κ3) is 10.6. The Morgan fingerprint density at radius 2 is 1.32 bits per heavy atom. The van der Waals surface area contributed by atoms with E-state index in [1.807, 2.05) is 0 Å². The van der Waals surface area contributed by atoms with Gasteiger partial charge in [0.25, 0.3) is 0 Å². The van der Waals surface area contributed by atoms with Gasteiger partial charge in [0.05, 0.1) is 27.3 Å². The van der Waals surface area contributed by atoms with Gasteiger partial charge in [0.2, 0.25) is 0 Å². The summed E-state index contributed by atoms with van der Waals surface area (Å²) in [6.45, 7) is 20.4. The summed E-state index contributed by atoms with van der Waals surface area (Å²) < 4.78 is 12.7. The highest BCUT2D eigenvalue weighted by Crippen LogP contribution is 2.43. The van der Waals surface area contributed by atoms with Gasteiger partial charge in [-0.2, -0.15) is 0 Å². The normalized spacial score (nSPS) is 13.2. The van der Waals surface area contributed by atoms with Gasteiger partial charge in [-0.1, -0.05) is 90.9 Å². The number of hydrogen-bond donors (Lipinski definition) is 0. The maximum atomic E-state index is 5.94. The smallest absolute Gasteiger partial charge is 0.119 e. The van der Waals surface area contributed by atoms with Crippen LogP contribution in [0, 0.1) is 10.8 Å². The summed E-state index contributed by atoms with van der Waals surface area (Å²) in [5.74, 6) is 0.914. The Bertz CT molecular complexity index is 845. The van der Waals surface area contributed by atoms with Crippen molar-refractivity contribution in [1.82, 2.24) is 0 Å². The van der Waals surface area contributed by atoms with Gasteiger partial charge in [-0.15, -0.1) is 0 Å². The number of rotatable bonds is 13. The van der Waals surface area contributed by atoms with Crippen LogP contribution in [0.5, 0.6) is 5.75 Å². The molecule has 2 aromatic carbocycles. The van der Waals surface area contributed by atoms with E-state index in [1.165, 1.54) is 17.5 Å². The Balaban J connectivity index is 1.73. The van der Waals surface area contributed by atoms with Crippen molar-refractivity contribution in [3.8, 4) is 5.75 Å². The minimum Gasteiger partial charge on any atom is -0.491 e. The van der Waals surface area contributed by atoms with Crippen molar-refractivity contribution in [3.63, 3.8) is 0 Å². The van der Waals surface area contributed by atoms with Crippen LogP contribution in [-0.4, -0.2) is 44.9 Å². The van der Waals surface area contributed by atoms with E-state index >= 15 is 0 Å². The molecule has 0 bridgehead atoms. The summed E-state index contributed by atoms with van der Waals surface area (Å²) in [7, 11) is 4.50. The summed E-state index contributed by atoms with van der Waals surface area (Å²) in [5.41, 5.74) is 3.50. The van der Waals surface area contributed by atoms with Crippen molar-refractivity contribution >= 4 is 0 Å². The minimum absolute atomic E-state index is 0.126. The second kappa shape index (κ2) is 11.7. The first-order chi connectivity index (χ1) is 15.7. The van der Waals surface area contributed by atoms with E-state index in [2.05, 4.69) is 117 Å². The fourth-order valence-corrected chi connectivity index (χ4v) is 5.59. The van der Waals surface area contributed by atoms with Crippen LogP contribution in [0.3, 0.4) is 0 Å².